The van der Waals surface area contributed by atoms with Gasteiger partial charge in [-0.3, -0.25) is 0 Å². The third-order valence-corrected chi connectivity index (χ3v) is 4.38. The molecule has 0 radical (unpaired) electrons. The van der Waals surface area contributed by atoms with Gasteiger partial charge in [0.15, 0.2) is 0 Å². The summed E-state index contributed by atoms with van der Waals surface area (Å²) >= 11 is 5.80. The van der Waals surface area contributed by atoms with Crippen LogP contribution in [-0.2, 0) is 10.0 Å². The van der Waals surface area contributed by atoms with E-state index >= 15 is 0 Å². The first-order valence-corrected chi connectivity index (χ1v) is 7.39. The highest BCUT2D eigenvalue weighted by Gasteiger charge is 2.25. The highest BCUT2D eigenvalue weighted by molar-refractivity contribution is 7.90. The average Bonchev–Trinajstić information content (AvgIpc) is 2.76. The second-order valence-corrected chi connectivity index (χ2v) is 6.11. The van der Waals surface area contributed by atoms with Crippen molar-refractivity contribution in [1.29, 1.82) is 0 Å². The molecule has 1 N–H and O–H groups in total. The first-order valence-electron chi connectivity index (χ1n) is 5.53. The summed E-state index contributed by atoms with van der Waals surface area (Å²) in [7, 11) is -3.99. The minimum Gasteiger partial charge on any atom is -0.246 e. The van der Waals surface area contributed by atoms with Crippen molar-refractivity contribution in [3.05, 3.63) is 29.3 Å². The number of urea groups is 1. The maximum Gasteiger partial charge on any atom is 0.351 e. The summed E-state index contributed by atoms with van der Waals surface area (Å²) in [6.45, 7) is 2.14. The largest absolute Gasteiger partial charge is 0.351 e. The lowest BCUT2D eigenvalue weighted by Gasteiger charge is -2.13. The average molecular weight is 302 g/mol. The highest BCUT2D eigenvalue weighted by atomic mass is 35.5. The van der Waals surface area contributed by atoms with E-state index in [1.165, 1.54) is 18.2 Å². The zero-order valence-electron chi connectivity index (χ0n) is 10.1. The number of benzene rings is 1. The Morgan fingerprint density at radius 3 is 2.68 bits per heavy atom. The lowest BCUT2D eigenvalue weighted by molar-refractivity contribution is 0.211. The number of carbonyl (C=O) groups excluding carboxylic acids is 1. The van der Waals surface area contributed by atoms with Crippen LogP contribution in [0.1, 0.15) is 13.3 Å². The molecule has 2 rings (SSSR count). The SMILES string of the molecule is CC1=NN(C(=O)NS(=O)(=O)c2ccccc2Cl)CC1. The van der Waals surface area contributed by atoms with Gasteiger partial charge in [0.2, 0.25) is 0 Å². The van der Waals surface area contributed by atoms with Crippen molar-refractivity contribution in [3.63, 3.8) is 0 Å². The fourth-order valence-corrected chi connectivity index (χ4v) is 3.07. The first kappa shape index (κ1) is 13.8. The predicted molar refractivity (Wildman–Crippen MR) is 71.6 cm³/mol. The minimum absolute atomic E-state index is 0.0592. The van der Waals surface area contributed by atoms with Crippen LogP contribution in [0.25, 0.3) is 0 Å². The Labute approximate surface area is 116 Å². The van der Waals surface area contributed by atoms with E-state index in [4.69, 9.17) is 11.6 Å². The number of carbonyl (C=O) groups is 1. The smallest absolute Gasteiger partial charge is 0.246 e. The third kappa shape index (κ3) is 3.05. The van der Waals surface area contributed by atoms with Gasteiger partial charge in [-0.1, -0.05) is 23.7 Å². The first-order chi connectivity index (χ1) is 8.90. The van der Waals surface area contributed by atoms with Gasteiger partial charge in [0.05, 0.1) is 11.6 Å². The van der Waals surface area contributed by atoms with E-state index in [1.54, 1.807) is 13.0 Å². The molecule has 1 aromatic rings. The van der Waals surface area contributed by atoms with E-state index in [2.05, 4.69) is 5.10 Å². The van der Waals surface area contributed by atoms with Gasteiger partial charge in [-0.15, -0.1) is 0 Å². The number of hydrogen-bond donors (Lipinski definition) is 1. The topological polar surface area (TPSA) is 78.8 Å². The molecule has 6 nitrogen and oxygen atoms in total. The Balaban J connectivity index is 2.19. The summed E-state index contributed by atoms with van der Waals surface area (Å²) in [6, 6.07) is 5.13. The van der Waals surface area contributed by atoms with Crippen molar-refractivity contribution >= 4 is 33.4 Å². The van der Waals surface area contributed by atoms with Crippen molar-refractivity contribution in [1.82, 2.24) is 9.73 Å². The lowest BCUT2D eigenvalue weighted by atomic mass is 10.3. The molecule has 1 heterocycles. The van der Waals surface area contributed by atoms with Gasteiger partial charge in [-0.25, -0.2) is 22.9 Å². The van der Waals surface area contributed by atoms with Crippen molar-refractivity contribution in [3.8, 4) is 0 Å². The van der Waals surface area contributed by atoms with E-state index in [-0.39, 0.29) is 9.92 Å². The van der Waals surface area contributed by atoms with Crippen LogP contribution in [0, 0.1) is 0 Å². The summed E-state index contributed by atoms with van der Waals surface area (Å²) in [5.41, 5.74) is 0.783. The molecular weight excluding hydrogens is 290 g/mol. The molecule has 0 unspecified atom stereocenters. The van der Waals surface area contributed by atoms with Crippen LogP contribution in [0.3, 0.4) is 0 Å². The van der Waals surface area contributed by atoms with Gasteiger partial charge in [0.1, 0.15) is 4.90 Å². The molecule has 19 heavy (non-hydrogen) atoms. The molecule has 0 fully saturated rings. The van der Waals surface area contributed by atoms with E-state index in [9.17, 15) is 13.2 Å². The predicted octanol–water partition coefficient (Wildman–Crippen LogP) is 1.82. The quantitative estimate of drug-likeness (QED) is 0.905. The lowest BCUT2D eigenvalue weighted by Crippen LogP contribution is -2.39. The van der Waals surface area contributed by atoms with Gasteiger partial charge in [0.25, 0.3) is 10.0 Å². The summed E-state index contributed by atoms with van der Waals surface area (Å²) in [5, 5.41) is 5.08. The second-order valence-electron chi connectivity index (χ2n) is 4.05. The van der Waals surface area contributed by atoms with E-state index in [1.807, 2.05) is 4.72 Å². The van der Waals surface area contributed by atoms with Crippen LogP contribution in [0.2, 0.25) is 5.02 Å². The fourth-order valence-electron chi connectivity index (χ4n) is 1.61. The standard InChI is InChI=1S/C11H12ClN3O3S/c1-8-6-7-15(13-8)11(16)14-19(17,18)10-5-3-2-4-9(10)12/h2-5H,6-7H2,1H3,(H,14,16). The molecule has 0 bridgehead atoms. The molecular formula is C11H12ClN3O3S. The fraction of sp³-hybridized carbons (Fsp3) is 0.273. The van der Waals surface area contributed by atoms with Gasteiger partial charge in [-0.05, 0) is 19.1 Å². The van der Waals surface area contributed by atoms with Crippen LogP contribution in [-0.4, -0.2) is 31.7 Å². The number of hydrazone groups is 1. The summed E-state index contributed by atoms with van der Waals surface area (Å²) in [6.07, 6.45) is 0.638. The molecule has 0 saturated carbocycles. The van der Waals surface area contributed by atoms with Gasteiger partial charge < -0.3 is 0 Å². The van der Waals surface area contributed by atoms with Crippen molar-refractivity contribution in [2.45, 2.75) is 18.2 Å². The third-order valence-electron chi connectivity index (χ3n) is 2.56. The highest BCUT2D eigenvalue weighted by Crippen LogP contribution is 2.20. The van der Waals surface area contributed by atoms with Crippen molar-refractivity contribution in [2.24, 2.45) is 5.10 Å². The van der Waals surface area contributed by atoms with Gasteiger partial charge >= 0.3 is 6.03 Å². The zero-order valence-corrected chi connectivity index (χ0v) is 11.7. The number of hydrogen-bond acceptors (Lipinski definition) is 4. The Kier molecular flexibility index (Phi) is 3.77. The van der Waals surface area contributed by atoms with Crippen LogP contribution in [0.5, 0.6) is 0 Å². The molecule has 2 amide bonds. The number of rotatable bonds is 2. The Hall–Kier alpha value is -1.60. The Morgan fingerprint density at radius 2 is 2.11 bits per heavy atom. The van der Waals surface area contributed by atoms with Crippen LogP contribution in [0.15, 0.2) is 34.3 Å². The Morgan fingerprint density at radius 1 is 1.42 bits per heavy atom. The number of sulfonamides is 1. The molecule has 0 spiro atoms. The van der Waals surface area contributed by atoms with Crippen molar-refractivity contribution < 1.29 is 13.2 Å². The molecule has 0 aliphatic carbocycles. The zero-order chi connectivity index (χ0) is 14.0. The van der Waals surface area contributed by atoms with Gasteiger partial charge in [0, 0.05) is 12.1 Å². The molecule has 0 saturated heterocycles. The van der Waals surface area contributed by atoms with E-state index < -0.39 is 16.1 Å². The maximum absolute atomic E-state index is 12.0. The summed E-state index contributed by atoms with van der Waals surface area (Å²) < 4.78 is 26.0. The molecule has 0 aromatic heterocycles. The normalized spacial score (nSPS) is 15.3. The molecule has 1 aromatic carbocycles. The summed E-state index contributed by atoms with van der Waals surface area (Å²) in [4.78, 5) is 11.6. The molecule has 0 atom stereocenters. The van der Waals surface area contributed by atoms with Crippen LogP contribution >= 0.6 is 11.6 Å². The molecule has 1 aliphatic heterocycles. The molecule has 1 aliphatic rings. The summed E-state index contributed by atoms with van der Waals surface area (Å²) in [5.74, 6) is 0. The second kappa shape index (κ2) is 5.18. The van der Waals surface area contributed by atoms with Crippen LogP contribution < -0.4 is 4.72 Å². The van der Waals surface area contributed by atoms with Crippen molar-refractivity contribution in [2.75, 3.05) is 6.54 Å². The minimum atomic E-state index is -3.99. The monoisotopic (exact) mass is 301 g/mol. The van der Waals surface area contributed by atoms with Crippen LogP contribution in [0.4, 0.5) is 4.79 Å². The number of halogens is 1. The molecule has 8 heteroatoms. The van der Waals surface area contributed by atoms with E-state index in [0.29, 0.717) is 13.0 Å². The Bertz CT molecular complexity index is 642. The number of nitrogens with one attached hydrogen (secondary N) is 1. The number of amides is 2. The van der Waals surface area contributed by atoms with Gasteiger partial charge in [-0.2, -0.15) is 5.10 Å². The maximum atomic E-state index is 12.0. The number of nitrogens with zero attached hydrogens (tertiary/aromatic N) is 2. The van der Waals surface area contributed by atoms with E-state index in [0.717, 1.165) is 10.7 Å². The molecule has 102 valence electrons.